The molecule has 1 N–H and O–H groups in total. The summed E-state index contributed by atoms with van der Waals surface area (Å²) < 4.78 is 13.0. The number of hydrogen-bond donors (Lipinski definition) is 1. The largest absolute Gasteiger partial charge is 0.492 e. The Morgan fingerprint density at radius 2 is 2.15 bits per heavy atom. The molecule has 0 radical (unpaired) electrons. The second kappa shape index (κ2) is 10.1. The summed E-state index contributed by atoms with van der Waals surface area (Å²) in [6.45, 7) is 7.77. The van der Waals surface area contributed by atoms with Crippen molar-refractivity contribution in [2.75, 3.05) is 31.7 Å². The van der Waals surface area contributed by atoms with Gasteiger partial charge in [-0.2, -0.15) is 10.4 Å². The average Bonchev–Trinajstić information content (AvgIpc) is 3.42. The van der Waals surface area contributed by atoms with E-state index in [1.54, 1.807) is 30.2 Å². The number of aromatic nitrogens is 3. The lowest BCUT2D eigenvalue weighted by molar-refractivity contribution is -0.123. The second-order valence-corrected chi connectivity index (χ2v) is 8.84. The number of methoxy groups -OCH3 is 1. The van der Waals surface area contributed by atoms with Gasteiger partial charge < -0.3 is 19.7 Å². The minimum Gasteiger partial charge on any atom is -0.492 e. The first-order chi connectivity index (χ1) is 16.4. The summed E-state index contributed by atoms with van der Waals surface area (Å²) in [6, 6.07) is 7.96. The fraction of sp³-hybridized carbons (Fsp3) is 0.440. The number of anilines is 1. The molecule has 3 aromatic rings. The molecule has 4 heterocycles. The molecular formula is C25H30N6O3. The lowest BCUT2D eigenvalue weighted by Gasteiger charge is -2.19. The zero-order chi connectivity index (χ0) is 24.2. The minimum absolute atomic E-state index is 0.0412. The molecule has 0 aliphatic carbocycles. The van der Waals surface area contributed by atoms with Gasteiger partial charge in [0.25, 0.3) is 0 Å². The van der Waals surface area contributed by atoms with Crippen molar-refractivity contribution in [2.45, 2.75) is 39.3 Å². The Hall–Kier alpha value is -3.64. The molecule has 1 fully saturated rings. The minimum atomic E-state index is -0.106. The Morgan fingerprint density at radius 1 is 1.32 bits per heavy atom. The van der Waals surface area contributed by atoms with Crippen LogP contribution in [0.2, 0.25) is 0 Å². The number of carbonyl (C=O) groups is 1. The number of nitrogens with one attached hydrogen (secondary N) is 1. The number of rotatable bonds is 8. The van der Waals surface area contributed by atoms with Crippen LogP contribution in [0.5, 0.6) is 5.75 Å². The van der Waals surface area contributed by atoms with Crippen LogP contribution in [0, 0.1) is 17.2 Å². The van der Waals surface area contributed by atoms with Crippen LogP contribution in [-0.4, -0.2) is 59.5 Å². The average molecular weight is 463 g/mol. The van der Waals surface area contributed by atoms with Gasteiger partial charge in [-0.1, -0.05) is 13.8 Å². The van der Waals surface area contributed by atoms with Crippen LogP contribution >= 0.6 is 0 Å². The van der Waals surface area contributed by atoms with Crippen molar-refractivity contribution < 1.29 is 14.3 Å². The van der Waals surface area contributed by atoms with E-state index in [4.69, 9.17) is 14.5 Å². The predicted molar refractivity (Wildman–Crippen MR) is 129 cm³/mol. The molecule has 9 nitrogen and oxygen atoms in total. The van der Waals surface area contributed by atoms with Gasteiger partial charge in [0.1, 0.15) is 17.6 Å². The second-order valence-electron chi connectivity index (χ2n) is 8.84. The third-order valence-electron chi connectivity index (χ3n) is 5.91. The van der Waals surface area contributed by atoms with E-state index in [9.17, 15) is 10.1 Å². The van der Waals surface area contributed by atoms with Crippen molar-refractivity contribution in [3.8, 4) is 22.9 Å². The predicted octanol–water partition coefficient (Wildman–Crippen LogP) is 3.03. The highest BCUT2D eigenvalue weighted by Gasteiger charge is 2.34. The molecule has 2 atom stereocenters. The highest BCUT2D eigenvalue weighted by atomic mass is 16.5. The van der Waals surface area contributed by atoms with Crippen LogP contribution in [0.3, 0.4) is 0 Å². The molecule has 1 aliphatic rings. The summed E-state index contributed by atoms with van der Waals surface area (Å²) in [4.78, 5) is 19.1. The van der Waals surface area contributed by atoms with Crippen LogP contribution in [-0.2, 0) is 9.53 Å². The summed E-state index contributed by atoms with van der Waals surface area (Å²) in [5.74, 6) is 1.82. The van der Waals surface area contributed by atoms with Crippen LogP contribution < -0.4 is 15.0 Å². The summed E-state index contributed by atoms with van der Waals surface area (Å²) in [5, 5.41) is 17.0. The molecule has 3 aromatic heterocycles. The van der Waals surface area contributed by atoms with E-state index in [1.165, 1.54) is 0 Å². The standard InChI is InChI=1S/C25H30N6O3/c1-5-34-19-9-20(25-18(10-26)12-28-31(25)13-19)17-6-7-23(27-11-17)30-14-21(22(15-30)33-4)29-24(32)8-16(2)3/h6-7,9,11-13,16,21-22H,5,8,14-15H2,1-4H3,(H,29,32). The van der Waals surface area contributed by atoms with Gasteiger partial charge in [0, 0.05) is 43.9 Å². The van der Waals surface area contributed by atoms with E-state index >= 15 is 0 Å². The summed E-state index contributed by atoms with van der Waals surface area (Å²) in [5.41, 5.74) is 2.89. The molecular weight excluding hydrogens is 432 g/mol. The highest BCUT2D eigenvalue weighted by molar-refractivity contribution is 5.85. The number of nitriles is 1. The smallest absolute Gasteiger partial charge is 0.220 e. The molecule has 0 saturated carbocycles. The molecule has 4 rings (SSSR count). The van der Waals surface area contributed by atoms with Crippen LogP contribution in [0.4, 0.5) is 5.82 Å². The van der Waals surface area contributed by atoms with Gasteiger partial charge >= 0.3 is 0 Å². The zero-order valence-corrected chi connectivity index (χ0v) is 20.0. The molecule has 9 heteroatoms. The van der Waals surface area contributed by atoms with Crippen molar-refractivity contribution >= 4 is 17.2 Å². The van der Waals surface area contributed by atoms with Crippen molar-refractivity contribution in [3.05, 3.63) is 42.4 Å². The SMILES string of the molecule is CCOc1cc(-c2ccc(N3CC(NC(=O)CC(C)C)C(OC)C3)nc2)c2c(C#N)cnn2c1. The van der Waals surface area contributed by atoms with Gasteiger partial charge in [0.2, 0.25) is 5.91 Å². The van der Waals surface area contributed by atoms with E-state index in [2.05, 4.69) is 21.4 Å². The fourth-order valence-electron chi connectivity index (χ4n) is 4.35. The van der Waals surface area contributed by atoms with Gasteiger partial charge in [-0.05, 0) is 31.0 Å². The third-order valence-corrected chi connectivity index (χ3v) is 5.91. The number of pyridine rings is 2. The molecule has 0 spiro atoms. The lowest BCUT2D eigenvalue weighted by atomic mass is 10.1. The maximum absolute atomic E-state index is 12.3. The molecule has 178 valence electrons. The van der Waals surface area contributed by atoms with E-state index < -0.39 is 0 Å². The van der Waals surface area contributed by atoms with Gasteiger partial charge in [0.15, 0.2) is 0 Å². The van der Waals surface area contributed by atoms with Crippen LogP contribution in [0.15, 0.2) is 36.8 Å². The maximum atomic E-state index is 12.3. The summed E-state index contributed by atoms with van der Waals surface area (Å²) >= 11 is 0. The lowest BCUT2D eigenvalue weighted by Crippen LogP contribution is -2.43. The fourth-order valence-corrected chi connectivity index (χ4v) is 4.35. The number of carbonyl (C=O) groups excluding carboxylic acids is 1. The molecule has 1 saturated heterocycles. The Morgan fingerprint density at radius 3 is 2.79 bits per heavy atom. The quantitative estimate of drug-likeness (QED) is 0.549. The first-order valence-electron chi connectivity index (χ1n) is 11.5. The van der Waals surface area contributed by atoms with Crippen molar-refractivity contribution in [1.82, 2.24) is 19.9 Å². The van der Waals surface area contributed by atoms with E-state index in [1.807, 2.05) is 39.0 Å². The Bertz CT molecular complexity index is 1200. The summed E-state index contributed by atoms with van der Waals surface area (Å²) in [7, 11) is 1.67. The number of fused-ring (bicyclic) bond motifs is 1. The van der Waals surface area contributed by atoms with E-state index in [0.29, 0.717) is 48.9 Å². The van der Waals surface area contributed by atoms with Gasteiger partial charge in [-0.15, -0.1) is 0 Å². The number of nitrogens with zero attached hydrogens (tertiary/aromatic N) is 5. The molecule has 1 amide bonds. The van der Waals surface area contributed by atoms with Gasteiger partial charge in [-0.3, -0.25) is 4.79 Å². The Balaban J connectivity index is 1.58. The first-order valence-corrected chi connectivity index (χ1v) is 11.5. The molecule has 2 unspecified atom stereocenters. The van der Waals surface area contributed by atoms with Gasteiger partial charge in [0.05, 0.1) is 42.2 Å². The molecule has 0 aromatic carbocycles. The van der Waals surface area contributed by atoms with Crippen LogP contribution in [0.25, 0.3) is 16.6 Å². The van der Waals surface area contributed by atoms with Crippen LogP contribution in [0.1, 0.15) is 32.8 Å². The Kier molecular flexibility index (Phi) is 6.98. The Labute approximate surface area is 199 Å². The van der Waals surface area contributed by atoms with Crippen molar-refractivity contribution in [2.24, 2.45) is 5.92 Å². The maximum Gasteiger partial charge on any atom is 0.220 e. The summed E-state index contributed by atoms with van der Waals surface area (Å²) in [6.07, 6.45) is 5.51. The van der Waals surface area contributed by atoms with E-state index in [0.717, 1.165) is 16.9 Å². The molecule has 34 heavy (non-hydrogen) atoms. The van der Waals surface area contributed by atoms with Crippen molar-refractivity contribution in [1.29, 1.82) is 5.26 Å². The molecule has 1 aliphatic heterocycles. The monoisotopic (exact) mass is 462 g/mol. The van der Waals surface area contributed by atoms with Gasteiger partial charge in [-0.25, -0.2) is 9.50 Å². The number of hydrogen-bond acceptors (Lipinski definition) is 7. The van der Waals surface area contributed by atoms with E-state index in [-0.39, 0.29) is 18.1 Å². The molecule has 0 bridgehead atoms. The topological polar surface area (TPSA) is 105 Å². The third kappa shape index (κ3) is 4.82. The normalized spacial score (nSPS) is 17.8. The zero-order valence-electron chi connectivity index (χ0n) is 20.0. The highest BCUT2D eigenvalue weighted by Crippen LogP contribution is 2.31. The van der Waals surface area contributed by atoms with Crippen molar-refractivity contribution in [3.63, 3.8) is 0 Å². The number of amides is 1. The first kappa shape index (κ1) is 23.5. The number of ether oxygens (including phenoxy) is 2.